The SMILES string of the molecule is NC(=O)CCOc1ccccc1NC(=O)Cc1ccc(-c2ccccc2)cc1. The number of anilines is 1. The Hall–Kier alpha value is -3.60. The maximum absolute atomic E-state index is 12.4. The molecule has 0 bridgehead atoms. The van der Waals surface area contributed by atoms with Gasteiger partial charge in [0.1, 0.15) is 5.75 Å². The van der Waals surface area contributed by atoms with E-state index in [0.29, 0.717) is 11.4 Å². The molecule has 0 saturated heterocycles. The van der Waals surface area contributed by atoms with Crippen LogP contribution in [-0.2, 0) is 16.0 Å². The number of hydrogen-bond acceptors (Lipinski definition) is 3. The Morgan fingerprint density at radius 3 is 2.18 bits per heavy atom. The third-order valence-corrected chi connectivity index (χ3v) is 4.19. The van der Waals surface area contributed by atoms with Crippen molar-refractivity contribution in [3.8, 4) is 16.9 Å². The van der Waals surface area contributed by atoms with Gasteiger partial charge in [-0.05, 0) is 28.8 Å². The fraction of sp³-hybridized carbons (Fsp3) is 0.130. The lowest BCUT2D eigenvalue weighted by Crippen LogP contribution is -2.17. The van der Waals surface area contributed by atoms with E-state index < -0.39 is 5.91 Å². The minimum atomic E-state index is -0.430. The van der Waals surface area contributed by atoms with Crippen LogP contribution in [0.5, 0.6) is 5.75 Å². The highest BCUT2D eigenvalue weighted by Gasteiger charge is 2.09. The van der Waals surface area contributed by atoms with E-state index >= 15 is 0 Å². The topological polar surface area (TPSA) is 81.4 Å². The minimum absolute atomic E-state index is 0.121. The number of nitrogens with two attached hydrogens (primary N) is 1. The lowest BCUT2D eigenvalue weighted by molar-refractivity contribution is -0.118. The van der Waals surface area contributed by atoms with Crippen molar-refractivity contribution in [2.45, 2.75) is 12.8 Å². The summed E-state index contributed by atoms with van der Waals surface area (Å²) in [6.07, 6.45) is 0.376. The average Bonchev–Trinajstić information content (AvgIpc) is 2.70. The quantitative estimate of drug-likeness (QED) is 0.629. The molecular weight excluding hydrogens is 352 g/mol. The molecule has 5 nitrogen and oxygen atoms in total. The molecule has 0 aliphatic carbocycles. The van der Waals surface area contributed by atoms with Gasteiger partial charge in [-0.2, -0.15) is 0 Å². The predicted molar refractivity (Wildman–Crippen MR) is 110 cm³/mol. The molecule has 3 aromatic rings. The number of amides is 2. The van der Waals surface area contributed by atoms with E-state index in [9.17, 15) is 9.59 Å². The molecule has 142 valence electrons. The molecule has 0 unspecified atom stereocenters. The van der Waals surface area contributed by atoms with Crippen molar-refractivity contribution in [3.05, 3.63) is 84.4 Å². The summed E-state index contributed by atoms with van der Waals surface area (Å²) >= 11 is 0. The van der Waals surface area contributed by atoms with Crippen molar-refractivity contribution in [1.82, 2.24) is 0 Å². The molecule has 0 aromatic heterocycles. The summed E-state index contributed by atoms with van der Waals surface area (Å²) in [6.45, 7) is 0.170. The fourth-order valence-corrected chi connectivity index (χ4v) is 2.78. The first kappa shape index (κ1) is 19.2. The van der Waals surface area contributed by atoms with Crippen LogP contribution >= 0.6 is 0 Å². The Labute approximate surface area is 164 Å². The van der Waals surface area contributed by atoms with Gasteiger partial charge in [-0.1, -0.05) is 66.7 Å². The first-order valence-electron chi connectivity index (χ1n) is 9.06. The summed E-state index contributed by atoms with van der Waals surface area (Å²) in [6, 6.07) is 25.1. The van der Waals surface area contributed by atoms with Crippen molar-refractivity contribution in [1.29, 1.82) is 0 Å². The number of nitrogens with one attached hydrogen (secondary N) is 1. The van der Waals surface area contributed by atoms with Gasteiger partial charge in [-0.15, -0.1) is 0 Å². The van der Waals surface area contributed by atoms with Crippen molar-refractivity contribution in [2.75, 3.05) is 11.9 Å². The van der Waals surface area contributed by atoms with Gasteiger partial charge in [0, 0.05) is 0 Å². The van der Waals surface area contributed by atoms with Gasteiger partial charge < -0.3 is 15.8 Å². The first-order valence-corrected chi connectivity index (χ1v) is 9.06. The summed E-state index contributed by atoms with van der Waals surface area (Å²) in [4.78, 5) is 23.3. The highest BCUT2D eigenvalue weighted by molar-refractivity contribution is 5.93. The number of benzene rings is 3. The lowest BCUT2D eigenvalue weighted by Gasteiger charge is -2.12. The largest absolute Gasteiger partial charge is 0.491 e. The zero-order chi connectivity index (χ0) is 19.8. The molecule has 5 heteroatoms. The molecule has 3 N–H and O–H groups in total. The number of para-hydroxylation sites is 2. The predicted octanol–water partition coefficient (Wildman–Crippen LogP) is 3.79. The van der Waals surface area contributed by atoms with E-state index in [0.717, 1.165) is 16.7 Å². The molecule has 0 saturated carbocycles. The molecule has 0 aliphatic heterocycles. The van der Waals surface area contributed by atoms with Crippen molar-refractivity contribution < 1.29 is 14.3 Å². The van der Waals surface area contributed by atoms with Crippen LogP contribution in [-0.4, -0.2) is 18.4 Å². The van der Waals surface area contributed by atoms with Gasteiger partial charge in [-0.3, -0.25) is 9.59 Å². The van der Waals surface area contributed by atoms with Gasteiger partial charge in [0.15, 0.2) is 0 Å². The Kier molecular flexibility index (Phi) is 6.41. The first-order chi connectivity index (χ1) is 13.6. The number of ether oxygens (including phenoxy) is 1. The fourth-order valence-electron chi connectivity index (χ4n) is 2.78. The van der Waals surface area contributed by atoms with Gasteiger partial charge in [-0.25, -0.2) is 0 Å². The van der Waals surface area contributed by atoms with Crippen LogP contribution in [0.3, 0.4) is 0 Å². The zero-order valence-corrected chi connectivity index (χ0v) is 15.4. The molecule has 0 radical (unpaired) electrons. The Balaban J connectivity index is 1.61. The lowest BCUT2D eigenvalue weighted by atomic mass is 10.0. The van der Waals surface area contributed by atoms with Gasteiger partial charge in [0.05, 0.1) is 25.1 Å². The van der Waals surface area contributed by atoms with E-state index in [1.165, 1.54) is 0 Å². The average molecular weight is 374 g/mol. The second-order valence-corrected chi connectivity index (χ2v) is 6.35. The molecule has 3 rings (SSSR count). The van der Waals surface area contributed by atoms with Crippen LogP contribution in [0.25, 0.3) is 11.1 Å². The second kappa shape index (κ2) is 9.37. The highest BCUT2D eigenvalue weighted by atomic mass is 16.5. The third kappa shape index (κ3) is 5.45. The van der Waals surface area contributed by atoms with Crippen molar-refractivity contribution >= 4 is 17.5 Å². The molecule has 3 aromatic carbocycles. The van der Waals surface area contributed by atoms with Crippen LogP contribution in [0.15, 0.2) is 78.9 Å². The minimum Gasteiger partial charge on any atom is -0.491 e. The number of hydrogen-bond donors (Lipinski definition) is 2. The normalized spacial score (nSPS) is 10.3. The number of rotatable bonds is 8. The van der Waals surface area contributed by atoms with E-state index in [1.807, 2.05) is 48.5 Å². The summed E-state index contributed by atoms with van der Waals surface area (Å²) in [7, 11) is 0. The Morgan fingerprint density at radius 2 is 1.46 bits per heavy atom. The summed E-state index contributed by atoms with van der Waals surface area (Å²) in [5.41, 5.74) is 8.86. The molecule has 0 fully saturated rings. The summed E-state index contributed by atoms with van der Waals surface area (Å²) < 4.78 is 5.55. The molecular formula is C23H22N2O3. The smallest absolute Gasteiger partial charge is 0.228 e. The Bertz CT molecular complexity index is 938. The second-order valence-electron chi connectivity index (χ2n) is 6.35. The van der Waals surface area contributed by atoms with Gasteiger partial charge in [0.25, 0.3) is 0 Å². The molecule has 28 heavy (non-hydrogen) atoms. The highest BCUT2D eigenvalue weighted by Crippen LogP contribution is 2.24. The van der Waals surface area contributed by atoms with Crippen molar-refractivity contribution in [2.24, 2.45) is 5.73 Å². The van der Waals surface area contributed by atoms with E-state index in [1.54, 1.807) is 18.2 Å². The number of carbonyl (C=O) groups is 2. The number of carbonyl (C=O) groups excluding carboxylic acids is 2. The van der Waals surface area contributed by atoms with Gasteiger partial charge >= 0.3 is 0 Å². The van der Waals surface area contributed by atoms with Crippen LogP contribution in [0.1, 0.15) is 12.0 Å². The Morgan fingerprint density at radius 1 is 0.821 bits per heavy atom. The maximum Gasteiger partial charge on any atom is 0.228 e. The molecule has 0 spiro atoms. The monoisotopic (exact) mass is 374 g/mol. The maximum atomic E-state index is 12.4. The van der Waals surface area contributed by atoms with E-state index in [4.69, 9.17) is 10.5 Å². The third-order valence-electron chi connectivity index (χ3n) is 4.19. The van der Waals surface area contributed by atoms with Gasteiger partial charge in [0.2, 0.25) is 11.8 Å². The van der Waals surface area contributed by atoms with Crippen LogP contribution in [0, 0.1) is 0 Å². The standard InChI is InChI=1S/C23H22N2O3/c24-22(26)14-15-28-21-9-5-4-8-20(21)25-23(27)16-17-10-12-19(13-11-17)18-6-2-1-3-7-18/h1-13H,14-16H2,(H2,24,26)(H,25,27). The summed E-state index contributed by atoms with van der Waals surface area (Å²) in [5, 5.41) is 2.86. The van der Waals surface area contributed by atoms with Crippen LogP contribution in [0.2, 0.25) is 0 Å². The van der Waals surface area contributed by atoms with E-state index in [2.05, 4.69) is 17.4 Å². The zero-order valence-electron chi connectivity index (χ0n) is 15.4. The van der Waals surface area contributed by atoms with Crippen LogP contribution in [0.4, 0.5) is 5.69 Å². The number of primary amides is 1. The van der Waals surface area contributed by atoms with Crippen molar-refractivity contribution in [3.63, 3.8) is 0 Å². The molecule has 2 amide bonds. The van der Waals surface area contributed by atoms with Crippen LogP contribution < -0.4 is 15.8 Å². The molecule has 0 atom stereocenters. The van der Waals surface area contributed by atoms with E-state index in [-0.39, 0.29) is 25.4 Å². The molecule has 0 heterocycles. The molecule has 0 aliphatic rings. The summed E-state index contributed by atoms with van der Waals surface area (Å²) in [5.74, 6) is -0.0598.